The van der Waals surface area contributed by atoms with Crippen LogP contribution in [0.5, 0.6) is 5.75 Å². The molecule has 0 heterocycles. The zero-order valence-corrected chi connectivity index (χ0v) is 5.86. The molecule has 60 valence electrons. The Bertz CT molecular complexity index is 273. The van der Waals surface area contributed by atoms with Gasteiger partial charge in [-0.05, 0) is 6.92 Å². The zero-order valence-electron chi connectivity index (χ0n) is 5.86. The van der Waals surface area contributed by atoms with Crippen LogP contribution in [-0.2, 0) is 0 Å². The Balaban J connectivity index is 3.46. The van der Waals surface area contributed by atoms with E-state index >= 15 is 0 Å². The van der Waals surface area contributed by atoms with Gasteiger partial charge in [0.15, 0.2) is 11.6 Å². The highest BCUT2D eigenvalue weighted by atomic mass is 19.1. The Morgan fingerprint density at radius 3 is 2.55 bits per heavy atom. The molecule has 0 saturated carbocycles. The first-order valence-electron chi connectivity index (χ1n) is 2.97. The molecular formula is C7H7F2NO. The Kier molecular flexibility index (Phi) is 1.68. The topological polar surface area (TPSA) is 46.2 Å². The molecule has 0 fully saturated rings. The van der Waals surface area contributed by atoms with Crippen molar-refractivity contribution in [2.75, 3.05) is 5.73 Å². The lowest BCUT2D eigenvalue weighted by molar-refractivity contribution is 0.427. The fourth-order valence-electron chi connectivity index (χ4n) is 0.722. The lowest BCUT2D eigenvalue weighted by Gasteiger charge is -2.03. The third-order valence-electron chi connectivity index (χ3n) is 1.45. The molecule has 0 aromatic heterocycles. The molecule has 0 aliphatic carbocycles. The molecule has 2 nitrogen and oxygen atoms in total. The molecule has 3 N–H and O–H groups in total. The van der Waals surface area contributed by atoms with E-state index in [2.05, 4.69) is 0 Å². The lowest BCUT2D eigenvalue weighted by Crippen LogP contribution is -1.94. The smallest absolute Gasteiger partial charge is 0.175 e. The van der Waals surface area contributed by atoms with E-state index in [0.29, 0.717) is 0 Å². The molecule has 0 amide bonds. The monoisotopic (exact) mass is 159 g/mol. The third kappa shape index (κ3) is 1.11. The highest BCUT2D eigenvalue weighted by molar-refractivity contribution is 5.54. The maximum Gasteiger partial charge on any atom is 0.175 e. The minimum absolute atomic E-state index is 0.225. The quantitative estimate of drug-likeness (QED) is 0.445. The second kappa shape index (κ2) is 2.38. The molecule has 0 radical (unpaired) electrons. The van der Waals surface area contributed by atoms with Crippen LogP contribution in [0.2, 0.25) is 0 Å². The van der Waals surface area contributed by atoms with Crippen LogP contribution >= 0.6 is 0 Å². The van der Waals surface area contributed by atoms with Gasteiger partial charge in [-0.1, -0.05) is 0 Å². The van der Waals surface area contributed by atoms with Crippen molar-refractivity contribution >= 4 is 5.69 Å². The molecule has 11 heavy (non-hydrogen) atoms. The van der Waals surface area contributed by atoms with Crippen LogP contribution in [-0.4, -0.2) is 5.11 Å². The second-order valence-corrected chi connectivity index (χ2v) is 2.24. The summed E-state index contributed by atoms with van der Waals surface area (Å²) in [4.78, 5) is 0. The maximum atomic E-state index is 12.7. The Labute approximate surface area is 62.3 Å². The summed E-state index contributed by atoms with van der Waals surface area (Å²) >= 11 is 0. The minimum Gasteiger partial charge on any atom is -0.503 e. The molecular weight excluding hydrogens is 152 g/mol. The summed E-state index contributed by atoms with van der Waals surface area (Å²) in [5, 5.41) is 8.84. The third-order valence-corrected chi connectivity index (χ3v) is 1.45. The number of aromatic hydroxyl groups is 1. The van der Waals surface area contributed by atoms with Gasteiger partial charge in [-0.3, -0.25) is 0 Å². The number of anilines is 1. The summed E-state index contributed by atoms with van der Waals surface area (Å²) in [5.41, 5.74) is 4.55. The molecule has 0 saturated heterocycles. The molecule has 1 aromatic rings. The molecule has 0 unspecified atom stereocenters. The Morgan fingerprint density at radius 1 is 1.45 bits per heavy atom. The van der Waals surface area contributed by atoms with Gasteiger partial charge >= 0.3 is 0 Å². The van der Waals surface area contributed by atoms with Crippen LogP contribution in [0.15, 0.2) is 6.07 Å². The number of phenolic OH excluding ortho intramolecular Hbond substituents is 1. The van der Waals surface area contributed by atoms with E-state index in [-0.39, 0.29) is 11.3 Å². The number of phenols is 1. The summed E-state index contributed by atoms with van der Waals surface area (Å²) in [6, 6.07) is 0.883. The van der Waals surface area contributed by atoms with E-state index in [4.69, 9.17) is 10.8 Å². The van der Waals surface area contributed by atoms with E-state index in [0.717, 1.165) is 6.07 Å². The molecule has 0 bridgehead atoms. The highest BCUT2D eigenvalue weighted by Crippen LogP contribution is 2.27. The fraction of sp³-hybridized carbons (Fsp3) is 0.143. The van der Waals surface area contributed by atoms with Crippen LogP contribution in [0.25, 0.3) is 0 Å². The standard InChI is InChI=1S/C7H7F2NO/c1-3-4(8)2-5(10)7(11)6(3)9/h2,11H,10H2,1H3. The predicted octanol–water partition coefficient (Wildman–Crippen LogP) is 1.56. The maximum absolute atomic E-state index is 12.7. The number of benzene rings is 1. The van der Waals surface area contributed by atoms with Crippen molar-refractivity contribution in [2.45, 2.75) is 6.92 Å². The first-order valence-corrected chi connectivity index (χ1v) is 2.97. The van der Waals surface area contributed by atoms with Crippen LogP contribution in [0, 0.1) is 18.6 Å². The summed E-state index contributed by atoms with van der Waals surface area (Å²) in [6.07, 6.45) is 0. The number of halogens is 2. The van der Waals surface area contributed by atoms with Gasteiger partial charge in [0.2, 0.25) is 0 Å². The molecule has 0 aliphatic rings. The van der Waals surface area contributed by atoms with Crippen molar-refractivity contribution in [1.82, 2.24) is 0 Å². The SMILES string of the molecule is Cc1c(F)cc(N)c(O)c1F. The van der Waals surface area contributed by atoms with E-state index in [1.54, 1.807) is 0 Å². The van der Waals surface area contributed by atoms with Crippen molar-refractivity contribution in [3.05, 3.63) is 23.3 Å². The highest BCUT2D eigenvalue weighted by Gasteiger charge is 2.12. The summed E-state index contributed by atoms with van der Waals surface area (Å²) in [7, 11) is 0. The Morgan fingerprint density at radius 2 is 2.00 bits per heavy atom. The van der Waals surface area contributed by atoms with Gasteiger partial charge in [-0.25, -0.2) is 8.78 Å². The van der Waals surface area contributed by atoms with Crippen LogP contribution in [0.1, 0.15) is 5.56 Å². The van der Waals surface area contributed by atoms with Crippen LogP contribution in [0.3, 0.4) is 0 Å². The number of nitrogens with two attached hydrogens (primary N) is 1. The normalized spacial score (nSPS) is 10.1. The average Bonchev–Trinajstić information content (AvgIpc) is 1.97. The van der Waals surface area contributed by atoms with Gasteiger partial charge in [0.1, 0.15) is 5.82 Å². The van der Waals surface area contributed by atoms with Gasteiger partial charge in [0.05, 0.1) is 5.69 Å². The van der Waals surface area contributed by atoms with Gasteiger partial charge in [0.25, 0.3) is 0 Å². The molecule has 0 spiro atoms. The molecule has 0 atom stereocenters. The van der Waals surface area contributed by atoms with E-state index < -0.39 is 17.4 Å². The first kappa shape index (κ1) is 7.78. The lowest BCUT2D eigenvalue weighted by atomic mass is 10.2. The largest absolute Gasteiger partial charge is 0.503 e. The van der Waals surface area contributed by atoms with Crippen molar-refractivity contribution in [2.24, 2.45) is 0 Å². The molecule has 1 rings (SSSR count). The first-order chi connectivity index (χ1) is 5.04. The van der Waals surface area contributed by atoms with Gasteiger partial charge in [-0.15, -0.1) is 0 Å². The summed E-state index contributed by atoms with van der Waals surface area (Å²) < 4.78 is 25.3. The van der Waals surface area contributed by atoms with Gasteiger partial charge < -0.3 is 10.8 Å². The number of rotatable bonds is 0. The molecule has 0 aliphatic heterocycles. The van der Waals surface area contributed by atoms with Crippen LogP contribution in [0.4, 0.5) is 14.5 Å². The summed E-state index contributed by atoms with van der Waals surface area (Å²) in [5.74, 6) is -2.44. The zero-order chi connectivity index (χ0) is 8.59. The van der Waals surface area contributed by atoms with Gasteiger partial charge in [-0.2, -0.15) is 0 Å². The number of hydrogen-bond acceptors (Lipinski definition) is 2. The van der Waals surface area contributed by atoms with E-state index in [9.17, 15) is 8.78 Å². The number of nitrogen functional groups attached to an aromatic ring is 1. The van der Waals surface area contributed by atoms with Crippen molar-refractivity contribution in [3.63, 3.8) is 0 Å². The van der Waals surface area contributed by atoms with Crippen LogP contribution < -0.4 is 5.73 Å². The molecule has 4 heteroatoms. The summed E-state index contributed by atoms with van der Waals surface area (Å²) in [6.45, 7) is 1.23. The molecule has 1 aromatic carbocycles. The average molecular weight is 159 g/mol. The predicted molar refractivity (Wildman–Crippen MR) is 37.2 cm³/mol. The fourth-order valence-corrected chi connectivity index (χ4v) is 0.722. The Hall–Kier alpha value is -1.32. The second-order valence-electron chi connectivity index (χ2n) is 2.24. The minimum atomic E-state index is -0.998. The van der Waals surface area contributed by atoms with Crippen molar-refractivity contribution < 1.29 is 13.9 Å². The van der Waals surface area contributed by atoms with Crippen molar-refractivity contribution in [3.8, 4) is 5.75 Å². The number of hydrogen-bond donors (Lipinski definition) is 2. The van der Waals surface area contributed by atoms with Gasteiger partial charge in [0, 0.05) is 11.6 Å². The van der Waals surface area contributed by atoms with E-state index in [1.807, 2.05) is 0 Å². The van der Waals surface area contributed by atoms with E-state index in [1.165, 1.54) is 6.92 Å². The van der Waals surface area contributed by atoms with Crippen molar-refractivity contribution in [1.29, 1.82) is 0 Å².